The van der Waals surface area contributed by atoms with Gasteiger partial charge < -0.3 is 21.5 Å². The van der Waals surface area contributed by atoms with Gasteiger partial charge in [0.15, 0.2) is 0 Å². The molecule has 0 N–H and O–H groups in total. The van der Waals surface area contributed by atoms with Gasteiger partial charge in [-0.05, 0) is 23.8 Å². The zero-order valence-corrected chi connectivity index (χ0v) is 17.5. The summed E-state index contributed by atoms with van der Waals surface area (Å²) in [7, 11) is 6.20. The normalized spacial score (nSPS) is 11.2. The van der Waals surface area contributed by atoms with Crippen LogP contribution in [0.1, 0.15) is 5.56 Å². The fraction of sp³-hybridized carbons (Fsp3) is 0.182. The molecule has 0 saturated heterocycles. The van der Waals surface area contributed by atoms with Crippen molar-refractivity contribution in [3.8, 4) is 0 Å². The number of quaternary nitrogens is 1. The van der Waals surface area contributed by atoms with Gasteiger partial charge in [-0.25, -0.2) is 0 Å². The molecular weight excluding hydrogens is 389 g/mol. The van der Waals surface area contributed by atoms with E-state index in [2.05, 4.69) is 106 Å². The molecule has 1 nitrogen and oxygen atoms in total. The molecule has 0 fully saturated rings. The fourth-order valence-electron chi connectivity index (χ4n) is 2.90. The minimum Gasteiger partial charge on any atom is -1.00 e. The van der Waals surface area contributed by atoms with E-state index in [1.807, 2.05) is 0 Å². The van der Waals surface area contributed by atoms with E-state index < -0.39 is 7.92 Å². The lowest BCUT2D eigenvalue weighted by Gasteiger charge is -2.24. The van der Waals surface area contributed by atoms with Crippen molar-refractivity contribution in [2.24, 2.45) is 0 Å². The van der Waals surface area contributed by atoms with Crippen molar-refractivity contribution < 1.29 is 21.5 Å². The Balaban J connectivity index is 0.00000225. The topological polar surface area (TPSA) is 0 Å². The minimum absolute atomic E-state index is 0. The molecule has 25 heavy (non-hydrogen) atoms. The van der Waals surface area contributed by atoms with E-state index >= 15 is 0 Å². The van der Waals surface area contributed by atoms with Gasteiger partial charge in [-0.15, -0.1) is 0 Å². The molecule has 0 spiro atoms. The highest BCUT2D eigenvalue weighted by molar-refractivity contribution is 7.79. The number of hydrogen-bond acceptors (Lipinski definition) is 0. The van der Waals surface area contributed by atoms with Crippen LogP contribution in [-0.2, 0) is 6.54 Å². The van der Waals surface area contributed by atoms with E-state index in [9.17, 15) is 0 Å². The molecule has 3 rings (SSSR count). The van der Waals surface area contributed by atoms with Gasteiger partial charge in [0.1, 0.15) is 6.54 Å². The maximum Gasteiger partial charge on any atom is 0.104 e. The van der Waals surface area contributed by atoms with Crippen molar-refractivity contribution in [1.82, 2.24) is 0 Å². The quantitative estimate of drug-likeness (QED) is 0.425. The molecule has 0 saturated carbocycles. The molecule has 0 bridgehead atoms. The third-order valence-electron chi connectivity index (χ3n) is 3.88. The minimum atomic E-state index is -0.497. The van der Waals surface area contributed by atoms with Crippen LogP contribution in [0.2, 0.25) is 0 Å². The molecular formula is C22H25BrNP. The highest BCUT2D eigenvalue weighted by atomic mass is 79.9. The monoisotopic (exact) mass is 413 g/mol. The maximum atomic E-state index is 2.32. The van der Waals surface area contributed by atoms with Crippen molar-refractivity contribution in [2.75, 3.05) is 21.1 Å². The van der Waals surface area contributed by atoms with Crippen LogP contribution in [-0.4, -0.2) is 25.6 Å². The SMILES string of the molecule is C[N+](C)(C)Cc1ccc(P(c2ccccc2)c2ccccc2)cc1.[Br-]. The van der Waals surface area contributed by atoms with Crippen LogP contribution < -0.4 is 32.9 Å². The average Bonchev–Trinajstić information content (AvgIpc) is 2.57. The second kappa shape index (κ2) is 8.76. The second-order valence-electron chi connectivity index (χ2n) is 7.12. The summed E-state index contributed by atoms with van der Waals surface area (Å²) in [5, 5.41) is 4.21. The lowest BCUT2D eigenvalue weighted by molar-refractivity contribution is -0.884. The summed E-state index contributed by atoms with van der Waals surface area (Å²) in [6.07, 6.45) is 0. The fourth-order valence-corrected chi connectivity index (χ4v) is 5.18. The number of halogens is 1. The molecule has 0 aliphatic heterocycles. The van der Waals surface area contributed by atoms with E-state index in [1.165, 1.54) is 21.5 Å². The largest absolute Gasteiger partial charge is 1.00 e. The highest BCUT2D eigenvalue weighted by Crippen LogP contribution is 2.32. The summed E-state index contributed by atoms with van der Waals surface area (Å²) in [6.45, 7) is 1.05. The van der Waals surface area contributed by atoms with Gasteiger partial charge in [-0.3, -0.25) is 0 Å². The van der Waals surface area contributed by atoms with Crippen LogP contribution in [0.5, 0.6) is 0 Å². The lowest BCUT2D eigenvalue weighted by Crippen LogP contribution is -3.00. The summed E-state index contributed by atoms with van der Waals surface area (Å²) in [5.41, 5.74) is 1.39. The number of rotatable bonds is 5. The molecule has 0 amide bonds. The molecule has 0 radical (unpaired) electrons. The average molecular weight is 414 g/mol. The van der Waals surface area contributed by atoms with Gasteiger partial charge in [0, 0.05) is 5.56 Å². The van der Waals surface area contributed by atoms with Gasteiger partial charge in [0.05, 0.1) is 21.1 Å². The van der Waals surface area contributed by atoms with Crippen molar-refractivity contribution in [3.05, 3.63) is 90.5 Å². The van der Waals surface area contributed by atoms with Gasteiger partial charge >= 0.3 is 0 Å². The Morgan fingerprint density at radius 2 is 1.00 bits per heavy atom. The van der Waals surface area contributed by atoms with Crippen molar-refractivity contribution in [1.29, 1.82) is 0 Å². The van der Waals surface area contributed by atoms with E-state index in [4.69, 9.17) is 0 Å². The third kappa shape index (κ3) is 5.51. The van der Waals surface area contributed by atoms with E-state index in [-0.39, 0.29) is 17.0 Å². The summed E-state index contributed by atoms with van der Waals surface area (Å²) < 4.78 is 0.950. The van der Waals surface area contributed by atoms with Crippen LogP contribution >= 0.6 is 7.92 Å². The number of nitrogens with zero attached hydrogens (tertiary/aromatic N) is 1. The van der Waals surface area contributed by atoms with Crippen LogP contribution in [0.15, 0.2) is 84.9 Å². The molecule has 0 atom stereocenters. The summed E-state index contributed by atoms with van der Waals surface area (Å²) >= 11 is 0. The van der Waals surface area contributed by atoms with Crippen LogP contribution in [0.25, 0.3) is 0 Å². The Labute approximate surface area is 163 Å². The summed E-state index contributed by atoms with van der Waals surface area (Å²) in [4.78, 5) is 0. The zero-order valence-electron chi connectivity index (χ0n) is 15.1. The zero-order chi connectivity index (χ0) is 17.0. The maximum absolute atomic E-state index is 2.32. The smallest absolute Gasteiger partial charge is 0.104 e. The Morgan fingerprint density at radius 1 is 0.600 bits per heavy atom. The molecule has 3 heteroatoms. The first-order chi connectivity index (χ1) is 11.5. The van der Waals surface area contributed by atoms with Gasteiger partial charge in [0.2, 0.25) is 0 Å². The second-order valence-corrected chi connectivity index (χ2v) is 9.34. The Morgan fingerprint density at radius 3 is 1.40 bits per heavy atom. The van der Waals surface area contributed by atoms with Gasteiger partial charge in [-0.1, -0.05) is 84.9 Å². The number of hydrogen-bond donors (Lipinski definition) is 0. The van der Waals surface area contributed by atoms with Crippen LogP contribution in [0, 0.1) is 0 Å². The van der Waals surface area contributed by atoms with Crippen LogP contribution in [0.3, 0.4) is 0 Å². The molecule has 3 aromatic rings. The van der Waals surface area contributed by atoms with Crippen LogP contribution in [0.4, 0.5) is 0 Å². The van der Waals surface area contributed by atoms with E-state index in [0.29, 0.717) is 0 Å². The van der Waals surface area contributed by atoms with E-state index in [0.717, 1.165) is 11.0 Å². The first kappa shape index (κ1) is 19.8. The molecule has 0 heterocycles. The first-order valence-corrected chi connectivity index (χ1v) is 9.67. The van der Waals surface area contributed by atoms with Crippen molar-refractivity contribution in [2.45, 2.75) is 6.54 Å². The Kier molecular flexibility index (Phi) is 6.95. The predicted molar refractivity (Wildman–Crippen MR) is 107 cm³/mol. The van der Waals surface area contributed by atoms with Crippen molar-refractivity contribution >= 4 is 23.8 Å². The number of benzene rings is 3. The van der Waals surface area contributed by atoms with Gasteiger partial charge in [-0.2, -0.15) is 0 Å². The molecule has 0 unspecified atom stereocenters. The highest BCUT2D eigenvalue weighted by Gasteiger charge is 2.16. The molecule has 0 aliphatic carbocycles. The first-order valence-electron chi connectivity index (χ1n) is 8.32. The molecule has 130 valence electrons. The third-order valence-corrected chi connectivity index (χ3v) is 6.32. The van der Waals surface area contributed by atoms with E-state index in [1.54, 1.807) is 0 Å². The molecule has 0 aliphatic rings. The Hall–Kier alpha value is -1.47. The molecule has 3 aromatic carbocycles. The van der Waals surface area contributed by atoms with Gasteiger partial charge in [0.25, 0.3) is 0 Å². The predicted octanol–water partition coefficient (Wildman–Crippen LogP) is 0.655. The standard InChI is InChI=1S/C22H25NP.BrH/c1-23(2,3)18-19-14-16-22(17-15-19)24(20-10-6-4-7-11-20)21-12-8-5-9-13-21;/h4-17H,18H2,1-3H3;1H/q+1;/p-1. The lowest BCUT2D eigenvalue weighted by atomic mass is 10.2. The summed E-state index contributed by atoms with van der Waals surface area (Å²) in [6, 6.07) is 30.9. The Bertz CT molecular complexity index is 725. The van der Waals surface area contributed by atoms with Crippen molar-refractivity contribution in [3.63, 3.8) is 0 Å². The molecule has 0 aromatic heterocycles. The summed E-state index contributed by atoms with van der Waals surface area (Å²) in [5.74, 6) is 0.